The summed E-state index contributed by atoms with van der Waals surface area (Å²) in [4.78, 5) is 41.1. The number of nitrogens with zero attached hydrogens (tertiary/aromatic N) is 4. The van der Waals surface area contributed by atoms with Crippen LogP contribution in [0.1, 0.15) is 35.9 Å². The molecule has 0 unspecified atom stereocenters. The fourth-order valence-electron chi connectivity index (χ4n) is 2.64. The summed E-state index contributed by atoms with van der Waals surface area (Å²) in [5.41, 5.74) is 1.45. The normalized spacial score (nSPS) is 14.2. The Hall–Kier alpha value is -2.97. The number of ether oxygens (including phenoxy) is 1. The standard InChI is InChI=1S/C16H19N5O4/c1-9(2)21-14-11(7-18-21)6-12(10(3)19-14)15(23)25-8-13(22)20-5-4-17-16(20)24/h6-7,9H,4-5,8H2,1-3H3,(H,17,24). The zero-order chi connectivity index (χ0) is 18.1. The molecular formula is C16H19N5O4. The van der Waals surface area contributed by atoms with Crippen molar-refractivity contribution in [2.24, 2.45) is 0 Å². The van der Waals surface area contributed by atoms with Gasteiger partial charge in [-0.05, 0) is 26.8 Å². The number of pyridine rings is 1. The van der Waals surface area contributed by atoms with Gasteiger partial charge in [0, 0.05) is 24.5 Å². The third-order valence-corrected chi connectivity index (χ3v) is 3.95. The second kappa shape index (κ2) is 6.50. The molecule has 3 amide bonds. The van der Waals surface area contributed by atoms with E-state index in [0.29, 0.717) is 17.9 Å². The summed E-state index contributed by atoms with van der Waals surface area (Å²) in [5.74, 6) is -1.21. The first kappa shape index (κ1) is 16.9. The summed E-state index contributed by atoms with van der Waals surface area (Å²) in [6.07, 6.45) is 1.64. The third-order valence-electron chi connectivity index (χ3n) is 3.95. The number of aryl methyl sites for hydroxylation is 1. The molecule has 1 fully saturated rings. The molecule has 0 saturated carbocycles. The fraction of sp³-hybridized carbons (Fsp3) is 0.438. The lowest BCUT2D eigenvalue weighted by atomic mass is 10.2. The van der Waals surface area contributed by atoms with Crippen molar-refractivity contribution < 1.29 is 19.1 Å². The van der Waals surface area contributed by atoms with E-state index in [4.69, 9.17) is 4.74 Å². The molecule has 2 aromatic heterocycles. The molecule has 1 saturated heterocycles. The number of carbonyl (C=O) groups is 3. The Balaban J connectivity index is 1.74. The zero-order valence-electron chi connectivity index (χ0n) is 14.3. The first-order valence-corrected chi connectivity index (χ1v) is 7.98. The molecule has 2 aromatic rings. The van der Waals surface area contributed by atoms with Crippen LogP contribution >= 0.6 is 0 Å². The average Bonchev–Trinajstić information content (AvgIpc) is 3.17. The molecule has 9 nitrogen and oxygen atoms in total. The van der Waals surface area contributed by atoms with Crippen LogP contribution in [0.3, 0.4) is 0 Å². The minimum absolute atomic E-state index is 0.145. The highest BCUT2D eigenvalue weighted by Crippen LogP contribution is 2.19. The van der Waals surface area contributed by atoms with E-state index < -0.39 is 24.5 Å². The van der Waals surface area contributed by atoms with E-state index in [-0.39, 0.29) is 18.2 Å². The molecule has 1 N–H and O–H groups in total. The van der Waals surface area contributed by atoms with Crippen molar-refractivity contribution >= 4 is 28.9 Å². The SMILES string of the molecule is Cc1nc2c(cnn2C(C)C)cc1C(=O)OCC(=O)N1CCNC1=O. The smallest absolute Gasteiger partial charge is 0.340 e. The van der Waals surface area contributed by atoms with Crippen LogP contribution < -0.4 is 5.32 Å². The van der Waals surface area contributed by atoms with Gasteiger partial charge >= 0.3 is 12.0 Å². The third kappa shape index (κ3) is 3.17. The van der Waals surface area contributed by atoms with Gasteiger partial charge in [-0.2, -0.15) is 5.10 Å². The summed E-state index contributed by atoms with van der Waals surface area (Å²) in [6.45, 7) is 5.87. The molecule has 3 rings (SSSR count). The molecule has 1 aliphatic rings. The zero-order valence-corrected chi connectivity index (χ0v) is 14.3. The summed E-state index contributed by atoms with van der Waals surface area (Å²) >= 11 is 0. The van der Waals surface area contributed by atoms with Crippen molar-refractivity contribution in [3.8, 4) is 0 Å². The molecule has 3 heterocycles. The maximum Gasteiger partial charge on any atom is 0.340 e. The number of amides is 3. The first-order chi connectivity index (χ1) is 11.9. The summed E-state index contributed by atoms with van der Waals surface area (Å²) in [7, 11) is 0. The molecule has 1 aliphatic heterocycles. The number of urea groups is 1. The van der Waals surface area contributed by atoms with Crippen molar-refractivity contribution in [1.82, 2.24) is 25.0 Å². The van der Waals surface area contributed by atoms with Crippen molar-refractivity contribution in [2.45, 2.75) is 26.8 Å². The molecule has 0 bridgehead atoms. The summed E-state index contributed by atoms with van der Waals surface area (Å²) in [6, 6.07) is 1.33. The molecule has 0 aliphatic carbocycles. The van der Waals surface area contributed by atoms with Crippen LogP contribution in [0.5, 0.6) is 0 Å². The second-order valence-corrected chi connectivity index (χ2v) is 6.07. The number of imide groups is 1. The lowest BCUT2D eigenvalue weighted by Crippen LogP contribution is -2.37. The average molecular weight is 345 g/mol. The fourth-order valence-corrected chi connectivity index (χ4v) is 2.64. The van der Waals surface area contributed by atoms with Crippen molar-refractivity contribution in [3.63, 3.8) is 0 Å². The molecule has 0 atom stereocenters. The molecule has 9 heteroatoms. The lowest BCUT2D eigenvalue weighted by molar-refractivity contribution is -0.130. The number of carbonyl (C=O) groups excluding carboxylic acids is 3. The number of rotatable bonds is 4. The number of nitrogens with one attached hydrogen (secondary N) is 1. The van der Waals surface area contributed by atoms with Gasteiger partial charge in [-0.3, -0.25) is 9.69 Å². The van der Waals surface area contributed by atoms with Crippen molar-refractivity contribution in [2.75, 3.05) is 19.7 Å². The Kier molecular flexibility index (Phi) is 4.39. The summed E-state index contributed by atoms with van der Waals surface area (Å²) < 4.78 is 6.83. The van der Waals surface area contributed by atoms with Gasteiger partial charge in [0.1, 0.15) is 0 Å². The number of hydrogen-bond acceptors (Lipinski definition) is 6. The monoisotopic (exact) mass is 345 g/mol. The van der Waals surface area contributed by atoms with Gasteiger partial charge in [-0.25, -0.2) is 19.3 Å². The second-order valence-electron chi connectivity index (χ2n) is 6.07. The number of hydrogen-bond donors (Lipinski definition) is 1. The number of aromatic nitrogens is 3. The van der Waals surface area contributed by atoms with Crippen LogP contribution in [-0.4, -0.2) is 57.3 Å². The van der Waals surface area contributed by atoms with E-state index in [0.717, 1.165) is 10.3 Å². The highest BCUT2D eigenvalue weighted by atomic mass is 16.5. The maximum atomic E-state index is 12.3. The molecule has 0 spiro atoms. The van der Waals surface area contributed by atoms with E-state index in [2.05, 4.69) is 15.4 Å². The number of esters is 1. The topological polar surface area (TPSA) is 106 Å². The number of fused-ring (bicyclic) bond motifs is 1. The van der Waals surface area contributed by atoms with Gasteiger partial charge in [-0.15, -0.1) is 0 Å². The largest absolute Gasteiger partial charge is 0.452 e. The van der Waals surface area contributed by atoms with E-state index in [1.54, 1.807) is 23.9 Å². The van der Waals surface area contributed by atoms with E-state index in [1.165, 1.54) is 0 Å². The van der Waals surface area contributed by atoms with Gasteiger partial charge in [0.15, 0.2) is 12.3 Å². The van der Waals surface area contributed by atoms with Gasteiger partial charge in [-0.1, -0.05) is 0 Å². The van der Waals surface area contributed by atoms with Gasteiger partial charge in [0.2, 0.25) is 0 Å². The Morgan fingerprint density at radius 1 is 1.40 bits per heavy atom. The highest BCUT2D eigenvalue weighted by Gasteiger charge is 2.27. The molecule has 0 aromatic carbocycles. The van der Waals surface area contributed by atoms with Gasteiger partial charge < -0.3 is 10.1 Å². The Bertz CT molecular complexity index is 858. The predicted octanol–water partition coefficient (Wildman–Crippen LogP) is 1.03. The predicted molar refractivity (Wildman–Crippen MR) is 88.0 cm³/mol. The lowest BCUT2D eigenvalue weighted by Gasteiger charge is -2.13. The van der Waals surface area contributed by atoms with Crippen LogP contribution in [0.4, 0.5) is 4.79 Å². The molecular weight excluding hydrogens is 326 g/mol. The quantitative estimate of drug-likeness (QED) is 0.830. The minimum atomic E-state index is -0.655. The molecule has 25 heavy (non-hydrogen) atoms. The summed E-state index contributed by atoms with van der Waals surface area (Å²) in [5, 5.41) is 7.50. The van der Waals surface area contributed by atoms with Crippen molar-refractivity contribution in [3.05, 3.63) is 23.5 Å². The van der Waals surface area contributed by atoms with E-state index >= 15 is 0 Å². The van der Waals surface area contributed by atoms with E-state index in [1.807, 2.05) is 13.8 Å². The minimum Gasteiger partial charge on any atom is -0.452 e. The maximum absolute atomic E-state index is 12.3. The van der Waals surface area contributed by atoms with Crippen LogP contribution in [0.2, 0.25) is 0 Å². The molecule has 132 valence electrons. The Morgan fingerprint density at radius 3 is 2.80 bits per heavy atom. The van der Waals surface area contributed by atoms with Gasteiger partial charge in [0.05, 0.1) is 17.5 Å². The van der Waals surface area contributed by atoms with Crippen molar-refractivity contribution in [1.29, 1.82) is 0 Å². The Labute approximate surface area is 143 Å². The Morgan fingerprint density at radius 2 is 2.16 bits per heavy atom. The van der Waals surface area contributed by atoms with Crippen LogP contribution in [0, 0.1) is 6.92 Å². The van der Waals surface area contributed by atoms with E-state index in [9.17, 15) is 14.4 Å². The van der Waals surface area contributed by atoms with Crippen LogP contribution in [0.15, 0.2) is 12.3 Å². The highest BCUT2D eigenvalue weighted by molar-refractivity contribution is 5.99. The van der Waals surface area contributed by atoms with Crippen LogP contribution in [-0.2, 0) is 9.53 Å². The van der Waals surface area contributed by atoms with Gasteiger partial charge in [0.25, 0.3) is 5.91 Å². The molecule has 0 radical (unpaired) electrons. The van der Waals surface area contributed by atoms with Crippen LogP contribution in [0.25, 0.3) is 11.0 Å². The first-order valence-electron chi connectivity index (χ1n) is 7.98.